The smallest absolute Gasteiger partial charge is 0.343 e. The molecule has 5 nitrogen and oxygen atoms in total. The van der Waals surface area contributed by atoms with Gasteiger partial charge in [0.25, 0.3) is 5.91 Å². The lowest BCUT2D eigenvalue weighted by Crippen LogP contribution is -2.14. The predicted octanol–water partition coefficient (Wildman–Crippen LogP) is 6.59. The number of rotatable bonds is 5. The average molecular weight is 554 g/mol. The number of amides is 1. The van der Waals surface area contributed by atoms with Crippen LogP contribution in [-0.2, 0) is 4.79 Å². The molecule has 0 spiro atoms. The highest BCUT2D eigenvalue weighted by atomic mass is 79.9. The number of carbonyl (C=O) groups is 2. The van der Waals surface area contributed by atoms with Crippen LogP contribution in [0, 0.1) is 25.2 Å². The number of nitrogens with one attached hydrogen (secondary N) is 1. The number of halogens is 2. The van der Waals surface area contributed by atoms with Crippen LogP contribution in [0.25, 0.3) is 6.08 Å². The zero-order chi connectivity index (χ0) is 23.3. The van der Waals surface area contributed by atoms with E-state index in [1.807, 2.05) is 44.2 Å². The van der Waals surface area contributed by atoms with Crippen molar-refractivity contribution in [3.05, 3.63) is 97.4 Å². The molecule has 0 fully saturated rings. The maximum absolute atomic E-state index is 12.7. The minimum atomic E-state index is -0.556. The summed E-state index contributed by atoms with van der Waals surface area (Å²) in [4.78, 5) is 25.0. The summed E-state index contributed by atoms with van der Waals surface area (Å²) in [6.07, 6.45) is 1.44. The summed E-state index contributed by atoms with van der Waals surface area (Å²) in [6, 6.07) is 19.3. The molecule has 160 valence electrons. The van der Waals surface area contributed by atoms with Gasteiger partial charge in [0.15, 0.2) is 0 Å². The van der Waals surface area contributed by atoms with E-state index in [9.17, 15) is 14.9 Å². The molecule has 1 N–H and O–H groups in total. The minimum Gasteiger partial charge on any atom is -0.423 e. The van der Waals surface area contributed by atoms with Crippen LogP contribution in [0.1, 0.15) is 27.0 Å². The van der Waals surface area contributed by atoms with Gasteiger partial charge in [-0.2, -0.15) is 5.26 Å². The van der Waals surface area contributed by atoms with Crippen LogP contribution < -0.4 is 10.1 Å². The van der Waals surface area contributed by atoms with E-state index in [4.69, 9.17) is 4.74 Å². The van der Waals surface area contributed by atoms with E-state index in [0.29, 0.717) is 31.5 Å². The number of ether oxygens (including phenoxy) is 1. The highest BCUT2D eigenvalue weighted by Gasteiger charge is 2.15. The minimum absolute atomic E-state index is 0.0913. The number of nitriles is 1. The fourth-order valence-electron chi connectivity index (χ4n) is 2.84. The van der Waals surface area contributed by atoms with Crippen molar-refractivity contribution in [2.45, 2.75) is 13.8 Å². The molecule has 32 heavy (non-hydrogen) atoms. The summed E-state index contributed by atoms with van der Waals surface area (Å²) in [6.45, 7) is 3.87. The first-order valence-electron chi connectivity index (χ1n) is 9.54. The molecule has 1 amide bonds. The lowest BCUT2D eigenvalue weighted by Gasteiger charge is -2.10. The lowest BCUT2D eigenvalue weighted by atomic mass is 10.1. The molecular weight excluding hydrogens is 536 g/mol. The number of hydrogen-bond acceptors (Lipinski definition) is 4. The van der Waals surface area contributed by atoms with Crippen LogP contribution in [0.3, 0.4) is 0 Å². The Balaban J connectivity index is 1.79. The summed E-state index contributed by atoms with van der Waals surface area (Å²) in [5.41, 5.74) is 3.47. The molecule has 3 rings (SSSR count). The molecule has 7 heteroatoms. The van der Waals surface area contributed by atoms with Crippen molar-refractivity contribution in [1.82, 2.24) is 0 Å². The Bertz CT molecular complexity index is 1240. The van der Waals surface area contributed by atoms with Gasteiger partial charge in [-0.15, -0.1) is 0 Å². The van der Waals surface area contributed by atoms with E-state index in [-0.39, 0.29) is 5.57 Å². The Morgan fingerprint density at radius 1 is 0.969 bits per heavy atom. The lowest BCUT2D eigenvalue weighted by molar-refractivity contribution is -0.112. The van der Waals surface area contributed by atoms with E-state index in [1.165, 1.54) is 6.08 Å². The molecule has 0 atom stereocenters. The van der Waals surface area contributed by atoms with Gasteiger partial charge < -0.3 is 10.1 Å². The van der Waals surface area contributed by atoms with E-state index in [2.05, 4.69) is 37.2 Å². The van der Waals surface area contributed by atoms with Crippen molar-refractivity contribution < 1.29 is 14.3 Å². The van der Waals surface area contributed by atoms with Crippen LogP contribution in [-0.4, -0.2) is 11.9 Å². The number of benzene rings is 3. The third-order valence-electron chi connectivity index (χ3n) is 4.46. The van der Waals surface area contributed by atoms with Gasteiger partial charge >= 0.3 is 5.97 Å². The Hall–Kier alpha value is -3.21. The van der Waals surface area contributed by atoms with Gasteiger partial charge in [0.1, 0.15) is 17.4 Å². The summed E-state index contributed by atoms with van der Waals surface area (Å²) >= 11 is 6.85. The number of nitrogens with zero attached hydrogens (tertiary/aromatic N) is 1. The second-order valence-electron chi connectivity index (χ2n) is 7.06. The zero-order valence-electron chi connectivity index (χ0n) is 17.3. The van der Waals surface area contributed by atoms with Crippen molar-refractivity contribution >= 4 is 55.5 Å². The van der Waals surface area contributed by atoms with Crippen molar-refractivity contribution in [3.63, 3.8) is 0 Å². The van der Waals surface area contributed by atoms with Gasteiger partial charge in [0.2, 0.25) is 0 Å². The van der Waals surface area contributed by atoms with E-state index < -0.39 is 11.9 Å². The second-order valence-corrected chi connectivity index (χ2v) is 8.76. The number of carbonyl (C=O) groups excluding carboxylic acids is 2. The van der Waals surface area contributed by atoms with Gasteiger partial charge in [-0.3, -0.25) is 4.79 Å². The topological polar surface area (TPSA) is 79.2 Å². The van der Waals surface area contributed by atoms with Crippen LogP contribution in [0.2, 0.25) is 0 Å². The summed E-state index contributed by atoms with van der Waals surface area (Å²) in [7, 11) is 0. The van der Waals surface area contributed by atoms with Crippen molar-refractivity contribution in [3.8, 4) is 11.8 Å². The maximum atomic E-state index is 12.7. The monoisotopic (exact) mass is 552 g/mol. The molecule has 3 aromatic rings. The first-order chi connectivity index (χ1) is 15.3. The standard InChI is InChI=1S/C25H18Br2N2O3/c1-15-6-8-18(9-7-15)25(31)32-20-5-3-4-17(13-20)12-19(14-28)24(30)29-23-21(26)10-16(2)11-22(23)27/h3-13H,1-2H3,(H,29,30)/b19-12+. The van der Waals surface area contributed by atoms with E-state index >= 15 is 0 Å². The third-order valence-corrected chi connectivity index (χ3v) is 5.71. The van der Waals surface area contributed by atoms with Crippen molar-refractivity contribution in [2.75, 3.05) is 5.32 Å². The van der Waals surface area contributed by atoms with E-state index in [1.54, 1.807) is 36.4 Å². The number of anilines is 1. The van der Waals surface area contributed by atoms with Gasteiger partial charge in [0.05, 0.1) is 11.3 Å². The molecule has 0 bridgehead atoms. The van der Waals surface area contributed by atoms with Crippen LogP contribution in [0.4, 0.5) is 5.69 Å². The molecule has 0 aliphatic heterocycles. The molecule has 0 saturated carbocycles. The van der Waals surface area contributed by atoms with Gasteiger partial charge in [-0.25, -0.2) is 4.79 Å². The fourth-order valence-corrected chi connectivity index (χ4v) is 4.45. The summed E-state index contributed by atoms with van der Waals surface area (Å²) in [5, 5.41) is 12.3. The molecule has 0 heterocycles. The highest BCUT2D eigenvalue weighted by molar-refractivity contribution is 9.11. The largest absolute Gasteiger partial charge is 0.423 e. The molecule has 0 radical (unpaired) electrons. The number of aryl methyl sites for hydroxylation is 2. The predicted molar refractivity (Wildman–Crippen MR) is 131 cm³/mol. The normalized spacial score (nSPS) is 10.9. The zero-order valence-corrected chi connectivity index (χ0v) is 20.5. The van der Waals surface area contributed by atoms with Crippen LogP contribution in [0.15, 0.2) is 75.2 Å². The van der Waals surface area contributed by atoms with Gasteiger partial charge in [0, 0.05) is 8.95 Å². The average Bonchev–Trinajstić information content (AvgIpc) is 2.75. The highest BCUT2D eigenvalue weighted by Crippen LogP contribution is 2.32. The molecule has 0 aliphatic rings. The quantitative estimate of drug-likeness (QED) is 0.167. The molecule has 0 unspecified atom stereocenters. The Kier molecular flexibility index (Phi) is 7.62. The maximum Gasteiger partial charge on any atom is 0.343 e. The molecule has 0 aromatic heterocycles. The third kappa shape index (κ3) is 5.94. The molecule has 0 saturated heterocycles. The molecule has 0 aliphatic carbocycles. The Morgan fingerprint density at radius 2 is 1.62 bits per heavy atom. The van der Waals surface area contributed by atoms with E-state index in [0.717, 1.165) is 11.1 Å². The van der Waals surface area contributed by atoms with Crippen molar-refractivity contribution in [2.24, 2.45) is 0 Å². The molecular formula is C25H18Br2N2O3. The Morgan fingerprint density at radius 3 is 2.25 bits per heavy atom. The van der Waals surface area contributed by atoms with Crippen LogP contribution >= 0.6 is 31.9 Å². The molecule has 3 aromatic carbocycles. The Labute approximate surface area is 203 Å². The van der Waals surface area contributed by atoms with Crippen LogP contribution in [0.5, 0.6) is 5.75 Å². The SMILES string of the molecule is Cc1ccc(C(=O)Oc2cccc(/C=C(\C#N)C(=O)Nc3c(Br)cc(C)cc3Br)c2)cc1. The summed E-state index contributed by atoms with van der Waals surface area (Å²) in [5.74, 6) is -0.732. The first kappa shape index (κ1) is 23.5. The fraction of sp³-hybridized carbons (Fsp3) is 0.0800. The van der Waals surface area contributed by atoms with Gasteiger partial charge in [-0.1, -0.05) is 29.8 Å². The second kappa shape index (κ2) is 10.4. The first-order valence-corrected chi connectivity index (χ1v) is 11.1. The summed E-state index contributed by atoms with van der Waals surface area (Å²) < 4.78 is 6.82. The number of hydrogen-bond donors (Lipinski definition) is 1. The number of esters is 1. The van der Waals surface area contributed by atoms with Crippen molar-refractivity contribution in [1.29, 1.82) is 5.26 Å². The van der Waals surface area contributed by atoms with Gasteiger partial charge in [-0.05, 0) is 99.3 Å².